The molecule has 5 nitrogen and oxygen atoms in total. The van der Waals surface area contributed by atoms with E-state index in [1.54, 1.807) is 25.1 Å². The number of carboxylic acids is 1. The smallest absolute Gasteiger partial charge is 0.326 e. The van der Waals surface area contributed by atoms with Gasteiger partial charge in [-0.05, 0) is 40.5 Å². The van der Waals surface area contributed by atoms with Gasteiger partial charge < -0.3 is 15.2 Å². The average Bonchev–Trinajstić information content (AvgIpc) is 2.35. The molecule has 0 unspecified atom stereocenters. The largest absolute Gasteiger partial charge is 0.497 e. The minimum Gasteiger partial charge on any atom is -0.497 e. The molecule has 1 aromatic carbocycles. The number of rotatable bonds is 5. The topological polar surface area (TPSA) is 75.6 Å². The highest BCUT2D eigenvalue weighted by Gasteiger charge is 2.20. The second-order valence-electron chi connectivity index (χ2n) is 3.62. The summed E-state index contributed by atoms with van der Waals surface area (Å²) < 4.78 is 5.61. The summed E-state index contributed by atoms with van der Waals surface area (Å²) in [6.45, 7) is 1.69. The third-order valence-corrected chi connectivity index (χ3v) is 3.12. The van der Waals surface area contributed by atoms with Crippen LogP contribution in [0, 0.1) is 0 Å². The van der Waals surface area contributed by atoms with E-state index in [-0.39, 0.29) is 0 Å². The van der Waals surface area contributed by atoms with Gasteiger partial charge in [-0.15, -0.1) is 0 Å². The Labute approximate surface area is 113 Å². The Morgan fingerprint density at radius 1 is 1.50 bits per heavy atom. The number of carbonyl (C=O) groups is 2. The van der Waals surface area contributed by atoms with E-state index in [0.29, 0.717) is 22.2 Å². The lowest BCUT2D eigenvalue weighted by molar-refractivity contribution is -0.139. The number of ether oxygens (including phenoxy) is 1. The van der Waals surface area contributed by atoms with Gasteiger partial charge >= 0.3 is 5.97 Å². The summed E-state index contributed by atoms with van der Waals surface area (Å²) in [6.07, 6.45) is 0.322. The van der Waals surface area contributed by atoms with Crippen LogP contribution in [-0.4, -0.2) is 30.1 Å². The lowest BCUT2D eigenvalue weighted by atomic mass is 10.1. The first-order valence-electron chi connectivity index (χ1n) is 5.36. The molecule has 6 heteroatoms. The van der Waals surface area contributed by atoms with Gasteiger partial charge in [0.05, 0.1) is 12.7 Å². The van der Waals surface area contributed by atoms with Crippen LogP contribution < -0.4 is 10.1 Å². The minimum absolute atomic E-state index is 0.322. The van der Waals surface area contributed by atoms with E-state index in [0.717, 1.165) is 0 Å². The van der Waals surface area contributed by atoms with Crippen molar-refractivity contribution in [1.82, 2.24) is 5.32 Å². The molecule has 18 heavy (non-hydrogen) atoms. The molecule has 0 aliphatic rings. The van der Waals surface area contributed by atoms with Crippen LogP contribution in [0.2, 0.25) is 0 Å². The first-order valence-corrected chi connectivity index (χ1v) is 6.16. The molecule has 1 amide bonds. The van der Waals surface area contributed by atoms with Crippen molar-refractivity contribution in [1.29, 1.82) is 0 Å². The third kappa shape index (κ3) is 3.46. The van der Waals surface area contributed by atoms with Crippen LogP contribution in [0.15, 0.2) is 22.7 Å². The predicted octanol–water partition coefficient (Wildman–Crippen LogP) is 2.05. The standard InChI is InChI=1S/C12H14BrNO4/c1-3-10(12(16)17)14-11(15)8-6-7(18-2)4-5-9(8)13/h4-6,10H,3H2,1-2H3,(H,14,15)(H,16,17)/t10-/m0/s1. The maximum atomic E-state index is 11.9. The number of halogens is 1. The van der Waals surface area contributed by atoms with Crippen molar-refractivity contribution in [2.75, 3.05) is 7.11 Å². The molecule has 0 saturated heterocycles. The second kappa shape index (κ2) is 6.39. The molecular weight excluding hydrogens is 302 g/mol. The molecule has 98 valence electrons. The van der Waals surface area contributed by atoms with Crippen LogP contribution in [0.3, 0.4) is 0 Å². The normalized spacial score (nSPS) is 11.7. The fourth-order valence-electron chi connectivity index (χ4n) is 1.38. The van der Waals surface area contributed by atoms with Gasteiger partial charge in [-0.3, -0.25) is 4.79 Å². The van der Waals surface area contributed by atoms with Gasteiger partial charge in [0.15, 0.2) is 0 Å². The van der Waals surface area contributed by atoms with Gasteiger partial charge in [0.2, 0.25) is 0 Å². The fourth-order valence-corrected chi connectivity index (χ4v) is 1.81. The zero-order chi connectivity index (χ0) is 13.7. The van der Waals surface area contributed by atoms with E-state index in [1.165, 1.54) is 7.11 Å². The Hall–Kier alpha value is -1.56. The van der Waals surface area contributed by atoms with Crippen molar-refractivity contribution in [2.24, 2.45) is 0 Å². The molecule has 1 atom stereocenters. The summed E-state index contributed by atoms with van der Waals surface area (Å²) in [7, 11) is 1.50. The zero-order valence-electron chi connectivity index (χ0n) is 10.1. The van der Waals surface area contributed by atoms with E-state index in [9.17, 15) is 9.59 Å². The number of carbonyl (C=O) groups excluding carboxylic acids is 1. The van der Waals surface area contributed by atoms with Gasteiger partial charge in [-0.1, -0.05) is 6.92 Å². The Kier molecular flexibility index (Phi) is 5.15. The lowest BCUT2D eigenvalue weighted by Crippen LogP contribution is -2.40. The molecule has 0 aliphatic carbocycles. The predicted molar refractivity (Wildman–Crippen MR) is 69.9 cm³/mol. The van der Waals surface area contributed by atoms with Crippen LogP contribution >= 0.6 is 15.9 Å². The molecule has 0 bridgehead atoms. The molecule has 1 aromatic rings. The highest BCUT2D eigenvalue weighted by Crippen LogP contribution is 2.22. The van der Waals surface area contributed by atoms with Crippen molar-refractivity contribution >= 4 is 27.8 Å². The SMILES string of the molecule is CC[C@H](NC(=O)c1cc(OC)ccc1Br)C(=O)O. The van der Waals surface area contributed by atoms with Gasteiger partial charge in [-0.2, -0.15) is 0 Å². The van der Waals surface area contributed by atoms with Gasteiger partial charge in [0.25, 0.3) is 5.91 Å². The summed E-state index contributed by atoms with van der Waals surface area (Å²) in [5.74, 6) is -0.966. The Morgan fingerprint density at radius 3 is 2.67 bits per heavy atom. The molecule has 0 aromatic heterocycles. The van der Waals surface area contributed by atoms with Gasteiger partial charge in [-0.25, -0.2) is 4.79 Å². The number of benzene rings is 1. The summed E-state index contributed by atoms with van der Waals surface area (Å²) in [6, 6.07) is 4.04. The van der Waals surface area contributed by atoms with Crippen LogP contribution in [0.4, 0.5) is 0 Å². The van der Waals surface area contributed by atoms with E-state index in [2.05, 4.69) is 21.2 Å². The maximum absolute atomic E-state index is 11.9. The number of nitrogens with one attached hydrogen (secondary N) is 1. The number of amides is 1. The first kappa shape index (κ1) is 14.5. The zero-order valence-corrected chi connectivity index (χ0v) is 11.7. The van der Waals surface area contributed by atoms with Crippen molar-refractivity contribution < 1.29 is 19.4 Å². The Morgan fingerprint density at radius 2 is 2.17 bits per heavy atom. The lowest BCUT2D eigenvalue weighted by Gasteiger charge is -2.13. The molecular formula is C12H14BrNO4. The number of aliphatic carboxylic acids is 1. The summed E-state index contributed by atoms with van der Waals surface area (Å²) >= 11 is 3.25. The Balaban J connectivity index is 2.93. The molecule has 2 N–H and O–H groups in total. The second-order valence-corrected chi connectivity index (χ2v) is 4.47. The molecule has 0 radical (unpaired) electrons. The monoisotopic (exact) mass is 315 g/mol. The van der Waals surface area contributed by atoms with Crippen LogP contribution in [0.1, 0.15) is 23.7 Å². The average molecular weight is 316 g/mol. The summed E-state index contributed by atoms with van der Waals surface area (Å²) in [4.78, 5) is 22.8. The van der Waals surface area contributed by atoms with Crippen LogP contribution in [0.25, 0.3) is 0 Å². The summed E-state index contributed by atoms with van der Waals surface area (Å²) in [5.41, 5.74) is 0.342. The highest BCUT2D eigenvalue weighted by atomic mass is 79.9. The van der Waals surface area contributed by atoms with E-state index in [1.807, 2.05) is 0 Å². The summed E-state index contributed by atoms with van der Waals surface area (Å²) in [5, 5.41) is 11.3. The van der Waals surface area contributed by atoms with Crippen molar-refractivity contribution in [2.45, 2.75) is 19.4 Å². The third-order valence-electron chi connectivity index (χ3n) is 2.43. The number of methoxy groups -OCH3 is 1. The fraction of sp³-hybridized carbons (Fsp3) is 0.333. The van der Waals surface area contributed by atoms with Crippen molar-refractivity contribution in [3.8, 4) is 5.75 Å². The van der Waals surface area contributed by atoms with Gasteiger partial charge in [0.1, 0.15) is 11.8 Å². The van der Waals surface area contributed by atoms with E-state index >= 15 is 0 Å². The van der Waals surface area contributed by atoms with E-state index < -0.39 is 17.9 Å². The quantitative estimate of drug-likeness (QED) is 0.872. The van der Waals surface area contributed by atoms with Crippen LogP contribution in [0.5, 0.6) is 5.75 Å². The first-order chi connectivity index (χ1) is 8.49. The molecule has 0 heterocycles. The van der Waals surface area contributed by atoms with Gasteiger partial charge in [0, 0.05) is 4.47 Å². The maximum Gasteiger partial charge on any atom is 0.326 e. The molecule has 0 aliphatic heterocycles. The molecule has 0 saturated carbocycles. The van der Waals surface area contributed by atoms with E-state index in [4.69, 9.17) is 9.84 Å². The highest BCUT2D eigenvalue weighted by molar-refractivity contribution is 9.10. The number of hydrogen-bond donors (Lipinski definition) is 2. The molecule has 0 spiro atoms. The molecule has 0 fully saturated rings. The Bertz CT molecular complexity index is 461. The molecule has 1 rings (SSSR count). The van der Waals surface area contributed by atoms with Crippen molar-refractivity contribution in [3.05, 3.63) is 28.2 Å². The van der Waals surface area contributed by atoms with Crippen LogP contribution in [-0.2, 0) is 4.79 Å². The van der Waals surface area contributed by atoms with Crippen molar-refractivity contribution in [3.63, 3.8) is 0 Å². The number of hydrogen-bond acceptors (Lipinski definition) is 3. The minimum atomic E-state index is -1.05. The number of carboxylic acid groups (broad SMARTS) is 1.